The van der Waals surface area contributed by atoms with Crippen molar-refractivity contribution in [3.8, 4) is 0 Å². The summed E-state index contributed by atoms with van der Waals surface area (Å²) in [5, 5.41) is 0. The second-order valence-corrected chi connectivity index (χ2v) is 4.84. The Morgan fingerprint density at radius 2 is 2.00 bits per heavy atom. The molecule has 1 aliphatic heterocycles. The molecule has 1 saturated heterocycles. The molecule has 0 aromatic heterocycles. The Labute approximate surface area is 86.6 Å². The van der Waals surface area contributed by atoms with E-state index in [4.69, 9.17) is 10.5 Å². The minimum absolute atomic E-state index is 0.384. The van der Waals surface area contributed by atoms with E-state index in [2.05, 4.69) is 4.90 Å². The first kappa shape index (κ1) is 10.4. The third-order valence-electron chi connectivity index (χ3n) is 3.91. The molecule has 0 aromatic carbocycles. The van der Waals surface area contributed by atoms with Crippen LogP contribution in [0.5, 0.6) is 0 Å². The monoisotopic (exact) mass is 198 g/mol. The lowest BCUT2D eigenvalue weighted by molar-refractivity contribution is -0.0534. The second kappa shape index (κ2) is 4.17. The van der Waals surface area contributed by atoms with Gasteiger partial charge in [0.1, 0.15) is 0 Å². The van der Waals surface area contributed by atoms with E-state index in [9.17, 15) is 0 Å². The molecule has 2 fully saturated rings. The smallest absolute Gasteiger partial charge is 0.0646 e. The van der Waals surface area contributed by atoms with Gasteiger partial charge in [-0.25, -0.2) is 0 Å². The zero-order valence-corrected chi connectivity index (χ0v) is 9.17. The number of ether oxygens (including phenoxy) is 1. The number of hydrogen-bond donors (Lipinski definition) is 1. The molecule has 0 aromatic rings. The summed E-state index contributed by atoms with van der Waals surface area (Å²) in [5.74, 6) is 0. The summed E-state index contributed by atoms with van der Waals surface area (Å²) in [6.45, 7) is 3.25. The summed E-state index contributed by atoms with van der Waals surface area (Å²) in [5.41, 5.74) is 6.30. The highest BCUT2D eigenvalue weighted by Crippen LogP contribution is 2.39. The molecule has 3 nitrogen and oxygen atoms in total. The maximum atomic E-state index is 5.92. The highest BCUT2D eigenvalue weighted by Gasteiger charge is 2.43. The van der Waals surface area contributed by atoms with Crippen LogP contribution in [-0.2, 0) is 4.74 Å². The summed E-state index contributed by atoms with van der Waals surface area (Å²) < 4.78 is 5.36. The Bertz CT molecular complexity index is 184. The van der Waals surface area contributed by atoms with Crippen molar-refractivity contribution in [1.29, 1.82) is 0 Å². The van der Waals surface area contributed by atoms with Gasteiger partial charge in [-0.2, -0.15) is 0 Å². The van der Waals surface area contributed by atoms with Crippen LogP contribution < -0.4 is 5.73 Å². The van der Waals surface area contributed by atoms with E-state index in [0.29, 0.717) is 11.6 Å². The first-order valence-corrected chi connectivity index (χ1v) is 5.76. The van der Waals surface area contributed by atoms with E-state index in [1.165, 1.54) is 32.4 Å². The fraction of sp³-hybridized carbons (Fsp3) is 1.00. The maximum Gasteiger partial charge on any atom is 0.0646 e. The van der Waals surface area contributed by atoms with Crippen molar-refractivity contribution in [2.45, 2.75) is 43.7 Å². The molecule has 0 unspecified atom stereocenters. The number of nitrogens with two attached hydrogens (primary N) is 1. The summed E-state index contributed by atoms with van der Waals surface area (Å²) in [6, 6.07) is 0.436. The predicted molar refractivity (Wildman–Crippen MR) is 57.2 cm³/mol. The van der Waals surface area contributed by atoms with E-state index in [-0.39, 0.29) is 0 Å². The summed E-state index contributed by atoms with van der Waals surface area (Å²) in [4.78, 5) is 2.61. The topological polar surface area (TPSA) is 38.5 Å². The number of likely N-dealkylation sites (tertiary alicyclic amines) is 1. The minimum Gasteiger partial charge on any atom is -0.383 e. The lowest BCUT2D eigenvalue weighted by Gasteiger charge is -2.52. The average molecular weight is 198 g/mol. The highest BCUT2D eigenvalue weighted by molar-refractivity contribution is 4.99. The Balaban J connectivity index is 1.91. The minimum atomic E-state index is 0.384. The molecule has 82 valence electrons. The van der Waals surface area contributed by atoms with E-state index >= 15 is 0 Å². The molecule has 3 heteroatoms. The van der Waals surface area contributed by atoms with Crippen molar-refractivity contribution < 1.29 is 4.74 Å². The van der Waals surface area contributed by atoms with Crippen molar-refractivity contribution >= 4 is 0 Å². The van der Waals surface area contributed by atoms with Gasteiger partial charge in [0.15, 0.2) is 0 Å². The molecule has 2 N–H and O–H groups in total. The van der Waals surface area contributed by atoms with Crippen LogP contribution in [0.3, 0.4) is 0 Å². The lowest BCUT2D eigenvalue weighted by atomic mass is 9.75. The third-order valence-corrected chi connectivity index (χ3v) is 3.91. The van der Waals surface area contributed by atoms with E-state index in [1.807, 2.05) is 7.11 Å². The first-order valence-electron chi connectivity index (χ1n) is 5.76. The Hall–Kier alpha value is -0.120. The summed E-state index contributed by atoms with van der Waals surface area (Å²) in [7, 11) is 1.82. The molecule has 0 bridgehead atoms. The van der Waals surface area contributed by atoms with Crippen molar-refractivity contribution in [1.82, 2.24) is 4.90 Å². The van der Waals surface area contributed by atoms with Crippen molar-refractivity contribution in [3.63, 3.8) is 0 Å². The molecule has 2 aliphatic rings. The molecule has 2 rings (SSSR count). The molecular weight excluding hydrogens is 176 g/mol. The molecular formula is C11H22N2O. The molecule has 0 radical (unpaired) electrons. The van der Waals surface area contributed by atoms with Crippen LogP contribution in [-0.4, -0.2) is 43.3 Å². The number of hydrogen-bond acceptors (Lipinski definition) is 3. The predicted octanol–water partition coefficient (Wildman–Crippen LogP) is 0.979. The fourth-order valence-corrected chi connectivity index (χ4v) is 2.78. The van der Waals surface area contributed by atoms with Crippen LogP contribution in [0.25, 0.3) is 0 Å². The normalized spacial score (nSPS) is 28.7. The first-order chi connectivity index (χ1) is 6.77. The quantitative estimate of drug-likeness (QED) is 0.734. The zero-order chi connectivity index (χ0) is 10.0. The molecule has 1 saturated carbocycles. The number of rotatable bonds is 3. The molecule has 1 heterocycles. The van der Waals surface area contributed by atoms with Gasteiger partial charge in [0.05, 0.1) is 6.61 Å². The largest absolute Gasteiger partial charge is 0.383 e. The maximum absolute atomic E-state index is 5.92. The molecule has 0 atom stereocenters. The van der Waals surface area contributed by atoms with Crippen LogP contribution in [0, 0.1) is 0 Å². The molecule has 0 amide bonds. The van der Waals surface area contributed by atoms with Gasteiger partial charge in [0.2, 0.25) is 0 Å². The van der Waals surface area contributed by atoms with Gasteiger partial charge in [-0.3, -0.25) is 4.90 Å². The highest BCUT2D eigenvalue weighted by atomic mass is 16.5. The molecule has 14 heavy (non-hydrogen) atoms. The Morgan fingerprint density at radius 1 is 1.36 bits per heavy atom. The van der Waals surface area contributed by atoms with Gasteiger partial charge in [-0.05, 0) is 32.1 Å². The summed E-state index contributed by atoms with van der Waals surface area (Å²) >= 11 is 0. The van der Waals surface area contributed by atoms with Crippen molar-refractivity contribution in [2.75, 3.05) is 26.8 Å². The third kappa shape index (κ3) is 1.81. The SMILES string of the molecule is COCC1(N2CCC(N)CC2)CCC1. The van der Waals surface area contributed by atoms with Gasteiger partial charge < -0.3 is 10.5 Å². The Kier molecular flexibility index (Phi) is 3.10. The average Bonchev–Trinajstić information content (AvgIpc) is 2.13. The van der Waals surface area contributed by atoms with Gasteiger partial charge in [-0.15, -0.1) is 0 Å². The van der Waals surface area contributed by atoms with Crippen molar-refractivity contribution in [3.05, 3.63) is 0 Å². The van der Waals surface area contributed by atoms with Crippen LogP contribution in [0.4, 0.5) is 0 Å². The van der Waals surface area contributed by atoms with Crippen molar-refractivity contribution in [2.24, 2.45) is 5.73 Å². The second-order valence-electron chi connectivity index (χ2n) is 4.84. The number of piperidine rings is 1. The molecule has 1 aliphatic carbocycles. The standard InChI is InChI=1S/C11H22N2O/c1-14-9-11(5-2-6-11)13-7-3-10(12)4-8-13/h10H,2-9,12H2,1H3. The van der Waals surface area contributed by atoms with Crippen LogP contribution in [0.1, 0.15) is 32.1 Å². The van der Waals surface area contributed by atoms with Gasteiger partial charge in [-0.1, -0.05) is 0 Å². The number of nitrogens with zero attached hydrogens (tertiary/aromatic N) is 1. The van der Waals surface area contributed by atoms with Gasteiger partial charge >= 0.3 is 0 Å². The van der Waals surface area contributed by atoms with E-state index < -0.39 is 0 Å². The van der Waals surface area contributed by atoms with Gasteiger partial charge in [0.25, 0.3) is 0 Å². The number of methoxy groups -OCH3 is 1. The zero-order valence-electron chi connectivity index (χ0n) is 9.17. The van der Waals surface area contributed by atoms with Gasteiger partial charge in [0, 0.05) is 31.8 Å². The van der Waals surface area contributed by atoms with Crippen LogP contribution in [0.15, 0.2) is 0 Å². The Morgan fingerprint density at radius 3 is 2.43 bits per heavy atom. The van der Waals surface area contributed by atoms with Crippen LogP contribution >= 0.6 is 0 Å². The molecule has 0 spiro atoms. The van der Waals surface area contributed by atoms with E-state index in [1.54, 1.807) is 0 Å². The fourth-order valence-electron chi connectivity index (χ4n) is 2.78. The van der Waals surface area contributed by atoms with Crippen LogP contribution in [0.2, 0.25) is 0 Å². The van der Waals surface area contributed by atoms with E-state index in [0.717, 1.165) is 19.4 Å². The summed E-state index contributed by atoms with van der Waals surface area (Å²) in [6.07, 6.45) is 6.31. The lowest BCUT2D eigenvalue weighted by Crippen LogP contribution is -2.59.